The normalized spacial score (nSPS) is 20.0. The SMILES string of the molecule is Cc1ccc(-c2csc3c(=O)[nH]c(N4CCCC(C(=O)NC5CCCCCC5)C4)nc23)cc1. The Morgan fingerprint density at radius 1 is 1.09 bits per heavy atom. The highest BCUT2D eigenvalue weighted by atomic mass is 32.1. The van der Waals surface area contributed by atoms with E-state index in [9.17, 15) is 9.59 Å². The summed E-state index contributed by atoms with van der Waals surface area (Å²) < 4.78 is 0.647. The number of piperidine rings is 1. The molecule has 1 aromatic carbocycles. The molecule has 1 saturated carbocycles. The van der Waals surface area contributed by atoms with Crippen LogP contribution in [-0.2, 0) is 4.79 Å². The van der Waals surface area contributed by atoms with Crippen molar-refractivity contribution >= 4 is 33.4 Å². The monoisotopic (exact) mass is 464 g/mol. The first-order chi connectivity index (χ1) is 16.1. The van der Waals surface area contributed by atoms with E-state index < -0.39 is 0 Å². The van der Waals surface area contributed by atoms with Crippen LogP contribution in [0.2, 0.25) is 0 Å². The van der Waals surface area contributed by atoms with Crippen molar-refractivity contribution in [2.45, 2.75) is 64.3 Å². The fourth-order valence-electron chi connectivity index (χ4n) is 5.13. The molecule has 2 fully saturated rings. The molecule has 0 spiro atoms. The van der Waals surface area contributed by atoms with Crippen LogP contribution in [0.15, 0.2) is 34.4 Å². The fraction of sp³-hybridized carbons (Fsp3) is 0.500. The van der Waals surface area contributed by atoms with Gasteiger partial charge in [0, 0.05) is 30.1 Å². The van der Waals surface area contributed by atoms with Gasteiger partial charge < -0.3 is 10.2 Å². The van der Waals surface area contributed by atoms with E-state index in [1.807, 2.05) is 5.38 Å². The van der Waals surface area contributed by atoms with Gasteiger partial charge in [0.2, 0.25) is 11.9 Å². The zero-order chi connectivity index (χ0) is 22.8. The lowest BCUT2D eigenvalue weighted by molar-refractivity contribution is -0.126. The van der Waals surface area contributed by atoms with Crippen molar-refractivity contribution in [1.82, 2.24) is 15.3 Å². The second-order valence-electron chi connectivity index (χ2n) is 9.56. The number of aryl methyl sites for hydroxylation is 1. The predicted molar refractivity (Wildman–Crippen MR) is 135 cm³/mol. The Balaban J connectivity index is 1.37. The van der Waals surface area contributed by atoms with Gasteiger partial charge in [0.15, 0.2) is 0 Å². The van der Waals surface area contributed by atoms with Gasteiger partial charge in [-0.05, 0) is 38.2 Å². The van der Waals surface area contributed by atoms with Gasteiger partial charge in [-0.1, -0.05) is 55.5 Å². The third-order valence-corrected chi connectivity index (χ3v) is 8.04. The minimum absolute atomic E-state index is 0.0676. The summed E-state index contributed by atoms with van der Waals surface area (Å²) >= 11 is 1.43. The number of aromatic amines is 1. The molecule has 3 heterocycles. The van der Waals surface area contributed by atoms with Crippen molar-refractivity contribution in [3.05, 3.63) is 45.6 Å². The van der Waals surface area contributed by atoms with Crippen LogP contribution in [0.3, 0.4) is 0 Å². The molecule has 2 N–H and O–H groups in total. The molecule has 2 aromatic heterocycles. The summed E-state index contributed by atoms with van der Waals surface area (Å²) in [6, 6.07) is 8.62. The van der Waals surface area contributed by atoms with Gasteiger partial charge in [-0.25, -0.2) is 4.98 Å². The van der Waals surface area contributed by atoms with Crippen molar-refractivity contribution < 1.29 is 4.79 Å². The van der Waals surface area contributed by atoms with Crippen molar-refractivity contribution in [3.8, 4) is 11.1 Å². The number of hydrogen-bond acceptors (Lipinski definition) is 5. The number of nitrogens with one attached hydrogen (secondary N) is 2. The predicted octanol–water partition coefficient (Wildman–Crippen LogP) is 5.02. The van der Waals surface area contributed by atoms with E-state index in [1.54, 1.807) is 0 Å². The average molecular weight is 465 g/mol. The van der Waals surface area contributed by atoms with Crippen LogP contribution in [0, 0.1) is 12.8 Å². The standard InChI is InChI=1S/C26H32N4O2S/c1-17-10-12-18(13-11-17)21-16-33-23-22(21)28-26(29-25(23)32)30-14-6-7-19(15-30)24(31)27-20-8-4-2-3-5-9-20/h10-13,16,19-20H,2-9,14-15H2,1H3,(H,27,31)(H,28,29,32). The Kier molecular flexibility index (Phi) is 6.49. The lowest BCUT2D eigenvalue weighted by atomic mass is 9.96. The summed E-state index contributed by atoms with van der Waals surface area (Å²) in [7, 11) is 0. The Labute approximate surface area is 198 Å². The zero-order valence-corrected chi connectivity index (χ0v) is 20.0. The van der Waals surface area contributed by atoms with Crippen molar-refractivity contribution in [1.29, 1.82) is 0 Å². The summed E-state index contributed by atoms with van der Waals surface area (Å²) in [5.41, 5.74) is 3.89. The van der Waals surface area contributed by atoms with Crippen LogP contribution in [0.5, 0.6) is 0 Å². The van der Waals surface area contributed by atoms with Gasteiger partial charge in [-0.15, -0.1) is 11.3 Å². The van der Waals surface area contributed by atoms with Crippen LogP contribution in [0.4, 0.5) is 5.95 Å². The second-order valence-corrected chi connectivity index (χ2v) is 10.4. The third kappa shape index (κ3) is 4.83. The summed E-state index contributed by atoms with van der Waals surface area (Å²) in [5, 5.41) is 5.33. The van der Waals surface area contributed by atoms with Crippen LogP contribution < -0.4 is 15.8 Å². The summed E-state index contributed by atoms with van der Waals surface area (Å²) in [6.07, 6.45) is 8.94. The molecular formula is C26H32N4O2S. The number of thiophene rings is 1. The molecule has 1 saturated heterocycles. The molecule has 3 aromatic rings. The van der Waals surface area contributed by atoms with Gasteiger partial charge in [0.05, 0.1) is 11.4 Å². The Morgan fingerprint density at radius 3 is 2.61 bits per heavy atom. The maximum absolute atomic E-state index is 13.0. The molecule has 0 radical (unpaired) electrons. The van der Waals surface area contributed by atoms with E-state index in [-0.39, 0.29) is 17.4 Å². The molecule has 0 bridgehead atoms. The number of hydrogen-bond donors (Lipinski definition) is 2. The van der Waals surface area contributed by atoms with Crippen molar-refractivity contribution in [2.24, 2.45) is 5.92 Å². The van der Waals surface area contributed by atoms with Gasteiger partial charge in [0.1, 0.15) is 4.70 Å². The second kappa shape index (κ2) is 9.67. The van der Waals surface area contributed by atoms with E-state index in [4.69, 9.17) is 4.98 Å². The molecule has 1 unspecified atom stereocenters. The molecule has 1 aliphatic carbocycles. The summed E-state index contributed by atoms with van der Waals surface area (Å²) in [5.74, 6) is 0.666. The van der Waals surface area contributed by atoms with Gasteiger partial charge in [0.25, 0.3) is 5.56 Å². The largest absolute Gasteiger partial charge is 0.353 e. The van der Waals surface area contributed by atoms with Crippen LogP contribution >= 0.6 is 11.3 Å². The first-order valence-corrected chi connectivity index (χ1v) is 13.1. The number of nitrogens with zero attached hydrogens (tertiary/aromatic N) is 2. The highest BCUT2D eigenvalue weighted by Gasteiger charge is 2.29. The molecule has 7 heteroatoms. The Hall–Kier alpha value is -2.67. The minimum atomic E-state index is -0.108. The number of benzene rings is 1. The fourth-order valence-corrected chi connectivity index (χ4v) is 6.04. The Bertz CT molecular complexity index is 1180. The van der Waals surface area contributed by atoms with E-state index in [0.717, 1.165) is 48.9 Å². The maximum atomic E-state index is 13.0. The number of rotatable bonds is 4. The Morgan fingerprint density at radius 2 is 1.85 bits per heavy atom. The van der Waals surface area contributed by atoms with Crippen LogP contribution in [0.1, 0.15) is 56.9 Å². The molecule has 1 aliphatic heterocycles. The smallest absolute Gasteiger partial charge is 0.270 e. The van der Waals surface area contributed by atoms with Crippen LogP contribution in [-0.4, -0.2) is 35.0 Å². The number of H-pyrrole nitrogens is 1. The minimum Gasteiger partial charge on any atom is -0.353 e. The van der Waals surface area contributed by atoms with Crippen molar-refractivity contribution in [2.75, 3.05) is 18.0 Å². The molecule has 33 heavy (non-hydrogen) atoms. The van der Waals surface area contributed by atoms with Gasteiger partial charge in [-0.2, -0.15) is 0 Å². The highest BCUT2D eigenvalue weighted by Crippen LogP contribution is 2.32. The molecular weight excluding hydrogens is 432 g/mol. The maximum Gasteiger partial charge on any atom is 0.270 e. The summed E-state index contributed by atoms with van der Waals surface area (Å²) in [4.78, 5) is 35.8. The van der Waals surface area contributed by atoms with E-state index >= 15 is 0 Å². The number of carbonyl (C=O) groups excluding carboxylic acids is 1. The number of aromatic nitrogens is 2. The van der Waals surface area contributed by atoms with E-state index in [1.165, 1.54) is 42.6 Å². The third-order valence-electron chi connectivity index (χ3n) is 7.07. The molecule has 1 amide bonds. The molecule has 174 valence electrons. The number of anilines is 1. The first kappa shape index (κ1) is 22.1. The number of amides is 1. The molecule has 2 aliphatic rings. The zero-order valence-electron chi connectivity index (χ0n) is 19.2. The number of carbonyl (C=O) groups is 1. The molecule has 6 nitrogen and oxygen atoms in total. The average Bonchev–Trinajstić information content (AvgIpc) is 3.09. The van der Waals surface area contributed by atoms with E-state index in [2.05, 4.69) is 46.4 Å². The van der Waals surface area contributed by atoms with Crippen molar-refractivity contribution in [3.63, 3.8) is 0 Å². The lowest BCUT2D eigenvalue weighted by Crippen LogP contribution is -2.46. The molecule has 1 atom stereocenters. The van der Waals surface area contributed by atoms with E-state index in [0.29, 0.717) is 23.2 Å². The van der Waals surface area contributed by atoms with Crippen LogP contribution in [0.25, 0.3) is 21.3 Å². The molecule has 5 rings (SSSR count). The summed E-state index contributed by atoms with van der Waals surface area (Å²) in [6.45, 7) is 3.46. The van der Waals surface area contributed by atoms with Gasteiger partial charge in [-0.3, -0.25) is 14.6 Å². The topological polar surface area (TPSA) is 78.1 Å². The van der Waals surface area contributed by atoms with Gasteiger partial charge >= 0.3 is 0 Å². The quantitative estimate of drug-likeness (QED) is 0.532. The first-order valence-electron chi connectivity index (χ1n) is 12.2. The lowest BCUT2D eigenvalue weighted by Gasteiger charge is -2.33. The number of fused-ring (bicyclic) bond motifs is 1. The highest BCUT2D eigenvalue weighted by molar-refractivity contribution is 7.17.